The molecule has 1 aliphatic heterocycles. The van der Waals surface area contributed by atoms with Gasteiger partial charge in [-0.05, 0) is 70.6 Å². The van der Waals surface area contributed by atoms with Crippen LogP contribution >= 0.6 is 0 Å². The normalized spacial score (nSPS) is 18.7. The third-order valence-corrected chi connectivity index (χ3v) is 13.2. The second-order valence-electron chi connectivity index (χ2n) is 19.9. The van der Waals surface area contributed by atoms with Crippen molar-refractivity contribution < 1.29 is 58.2 Å². The Kier molecular flexibility index (Phi) is 44.5. The molecule has 12 heteroatoms. The van der Waals surface area contributed by atoms with Crippen LogP contribution < -0.4 is 0 Å². The van der Waals surface area contributed by atoms with Crippen LogP contribution in [0.2, 0.25) is 0 Å². The number of aliphatic hydroxyl groups excluding tert-OH is 2. The van der Waals surface area contributed by atoms with Gasteiger partial charge in [-0.2, -0.15) is 0 Å². The lowest BCUT2D eigenvalue weighted by Gasteiger charge is -2.40. The minimum atomic E-state index is -1.90. The summed E-state index contributed by atoms with van der Waals surface area (Å²) in [7, 11) is 0. The van der Waals surface area contributed by atoms with Crippen LogP contribution in [0.25, 0.3) is 0 Å². The number of ether oxygens (including phenoxy) is 5. The van der Waals surface area contributed by atoms with Crippen molar-refractivity contribution in [2.45, 2.75) is 302 Å². The molecule has 6 atom stereocenters. The Morgan fingerprint density at radius 2 is 0.873 bits per heavy atom. The van der Waals surface area contributed by atoms with Gasteiger partial charge < -0.3 is 39.0 Å². The Balaban J connectivity index is 2.70. The van der Waals surface area contributed by atoms with E-state index in [0.29, 0.717) is 19.3 Å². The number of hydrogen-bond acceptors (Lipinski definition) is 11. The Hall–Kier alpha value is -3.06. The highest BCUT2D eigenvalue weighted by molar-refractivity contribution is 5.74. The molecule has 0 saturated carbocycles. The molecule has 3 N–H and O–H groups in total. The third-order valence-electron chi connectivity index (χ3n) is 13.2. The van der Waals surface area contributed by atoms with Crippen molar-refractivity contribution in [3.8, 4) is 0 Å². The highest BCUT2D eigenvalue weighted by Gasteiger charge is 2.50. The van der Waals surface area contributed by atoms with Crippen molar-refractivity contribution in [3.05, 3.63) is 36.5 Å². The van der Waals surface area contributed by atoms with Gasteiger partial charge in [0.05, 0.1) is 6.61 Å². The summed E-state index contributed by atoms with van der Waals surface area (Å²) in [5, 5.41) is 31.4. The molecule has 0 aliphatic carbocycles. The molecular weight excluding hydrogens is 901 g/mol. The van der Waals surface area contributed by atoms with E-state index in [4.69, 9.17) is 23.7 Å². The van der Waals surface area contributed by atoms with E-state index < -0.39 is 67.3 Å². The van der Waals surface area contributed by atoms with Gasteiger partial charge in [0.2, 0.25) is 0 Å². The zero-order chi connectivity index (χ0) is 51.8. The lowest BCUT2D eigenvalue weighted by Crippen LogP contribution is -2.61. The van der Waals surface area contributed by atoms with E-state index in [9.17, 15) is 34.5 Å². The molecule has 0 amide bonds. The van der Waals surface area contributed by atoms with Gasteiger partial charge in [-0.25, -0.2) is 4.79 Å². The highest BCUT2D eigenvalue weighted by Crippen LogP contribution is 2.26. The first-order valence-electron chi connectivity index (χ1n) is 29.0. The van der Waals surface area contributed by atoms with Crippen LogP contribution in [0.15, 0.2) is 36.5 Å². The molecule has 71 heavy (non-hydrogen) atoms. The van der Waals surface area contributed by atoms with Gasteiger partial charge in [0, 0.05) is 19.3 Å². The van der Waals surface area contributed by atoms with Crippen molar-refractivity contribution in [1.82, 2.24) is 0 Å². The number of aliphatic hydroxyl groups is 2. The molecule has 0 spiro atoms. The summed E-state index contributed by atoms with van der Waals surface area (Å²) < 4.78 is 28.4. The van der Waals surface area contributed by atoms with E-state index in [1.165, 1.54) is 89.9 Å². The van der Waals surface area contributed by atoms with Gasteiger partial charge in [-0.1, -0.05) is 211 Å². The second kappa shape index (κ2) is 47.9. The van der Waals surface area contributed by atoms with Gasteiger partial charge in [-0.3, -0.25) is 14.4 Å². The Morgan fingerprint density at radius 1 is 0.465 bits per heavy atom. The summed E-state index contributed by atoms with van der Waals surface area (Å²) in [6.07, 6.45) is 42.6. The quantitative estimate of drug-likeness (QED) is 0.0228. The molecule has 6 unspecified atom stereocenters. The molecule has 12 nitrogen and oxygen atoms in total. The van der Waals surface area contributed by atoms with E-state index >= 15 is 0 Å². The molecule has 1 rings (SSSR count). The van der Waals surface area contributed by atoms with E-state index in [0.717, 1.165) is 116 Å². The number of carboxylic acid groups (broad SMARTS) is 1. The predicted molar refractivity (Wildman–Crippen MR) is 285 cm³/mol. The number of carbonyl (C=O) groups is 4. The Morgan fingerprint density at radius 3 is 1.35 bits per heavy atom. The van der Waals surface area contributed by atoms with Gasteiger partial charge >= 0.3 is 23.9 Å². The van der Waals surface area contributed by atoms with Crippen LogP contribution in [0.4, 0.5) is 0 Å². The summed E-state index contributed by atoms with van der Waals surface area (Å²) in [4.78, 5) is 51.0. The minimum Gasteiger partial charge on any atom is -0.479 e. The van der Waals surface area contributed by atoms with Crippen LogP contribution in [0, 0.1) is 0 Å². The van der Waals surface area contributed by atoms with Crippen LogP contribution in [-0.4, -0.2) is 89.2 Å². The lowest BCUT2D eigenvalue weighted by atomic mass is 9.98. The summed E-state index contributed by atoms with van der Waals surface area (Å²) in [6, 6.07) is 0. The smallest absolute Gasteiger partial charge is 0.335 e. The molecule has 0 aromatic rings. The molecule has 1 aliphatic rings. The van der Waals surface area contributed by atoms with Crippen molar-refractivity contribution in [1.29, 1.82) is 0 Å². The largest absolute Gasteiger partial charge is 0.479 e. The fourth-order valence-corrected chi connectivity index (χ4v) is 8.69. The molecule has 0 radical (unpaired) electrons. The zero-order valence-corrected chi connectivity index (χ0v) is 45.2. The van der Waals surface area contributed by atoms with Gasteiger partial charge in [0.15, 0.2) is 24.6 Å². The maximum absolute atomic E-state index is 13.1. The van der Waals surface area contributed by atoms with Crippen molar-refractivity contribution in [2.75, 3.05) is 13.2 Å². The fraction of sp³-hybridized carbons (Fsp3) is 0.831. The number of aliphatic carboxylic acids is 1. The monoisotopic (exact) mass is 1000 g/mol. The number of hydrogen-bond donors (Lipinski definition) is 3. The molecule has 0 aromatic heterocycles. The van der Waals surface area contributed by atoms with E-state index in [1.807, 2.05) is 0 Å². The first-order valence-corrected chi connectivity index (χ1v) is 29.0. The standard InChI is InChI=1S/C59H104O12/c1-4-7-10-13-16-19-22-25-26-29-32-35-38-41-44-47-53(62)70-57-55(64)54(63)56(58(65)66)71-59(57)68-49-50(69-52(61)46-43-40-37-34-31-28-24-21-18-15-12-9-6-3)48-67-51(60)45-42-39-36-33-30-27-23-20-17-14-11-8-5-2/h11,14,20-21,23-24,50,54-57,59,63-64H,4-10,12-13,15-19,22,25-49H2,1-3H3,(H,65,66)/b14-11-,23-20-,24-21-. The topological polar surface area (TPSA) is 175 Å². The average Bonchev–Trinajstić information content (AvgIpc) is 3.35. The average molecular weight is 1010 g/mol. The predicted octanol–water partition coefficient (Wildman–Crippen LogP) is 14.5. The molecule has 0 aromatic carbocycles. The van der Waals surface area contributed by atoms with Gasteiger partial charge in [-0.15, -0.1) is 0 Å². The lowest BCUT2D eigenvalue weighted by molar-refractivity contribution is -0.301. The van der Waals surface area contributed by atoms with Crippen molar-refractivity contribution >= 4 is 23.9 Å². The van der Waals surface area contributed by atoms with Crippen LogP contribution in [0.3, 0.4) is 0 Å². The first-order chi connectivity index (χ1) is 34.6. The second-order valence-corrected chi connectivity index (χ2v) is 19.9. The minimum absolute atomic E-state index is 0.0632. The molecular formula is C59H104O12. The number of rotatable bonds is 49. The number of unbranched alkanes of at least 4 members (excludes halogenated alkanes) is 29. The summed E-state index contributed by atoms with van der Waals surface area (Å²) in [5.41, 5.74) is 0. The summed E-state index contributed by atoms with van der Waals surface area (Å²) in [6.45, 7) is 5.90. The SMILES string of the molecule is CCC/C=C\C/C=C\CCCCCCCC(=O)OCC(COC1OC(C(=O)O)C(O)C(O)C1OC(=O)CCCCCCCCCCCCCCCCC)OC(=O)CCCCCCC/C=C\CCCCCC. The highest BCUT2D eigenvalue weighted by atomic mass is 16.7. The first kappa shape index (κ1) is 66.0. The van der Waals surface area contributed by atoms with Crippen molar-refractivity contribution in [2.24, 2.45) is 0 Å². The number of carbonyl (C=O) groups excluding carboxylic acids is 3. The maximum atomic E-state index is 13.1. The molecule has 1 heterocycles. The fourth-order valence-electron chi connectivity index (χ4n) is 8.69. The van der Waals surface area contributed by atoms with Crippen molar-refractivity contribution in [3.63, 3.8) is 0 Å². The van der Waals surface area contributed by atoms with Crippen LogP contribution in [0.5, 0.6) is 0 Å². The Bertz CT molecular complexity index is 1380. The maximum Gasteiger partial charge on any atom is 0.335 e. The van der Waals surface area contributed by atoms with Crippen LogP contribution in [0.1, 0.15) is 265 Å². The van der Waals surface area contributed by atoms with Gasteiger partial charge in [0.25, 0.3) is 0 Å². The summed E-state index contributed by atoms with van der Waals surface area (Å²) >= 11 is 0. The molecule has 412 valence electrons. The molecule has 1 saturated heterocycles. The summed E-state index contributed by atoms with van der Waals surface area (Å²) in [5.74, 6) is -3.13. The number of esters is 3. The number of allylic oxidation sites excluding steroid dienone is 6. The van der Waals surface area contributed by atoms with E-state index in [-0.39, 0.29) is 25.9 Å². The van der Waals surface area contributed by atoms with E-state index in [1.54, 1.807) is 0 Å². The third kappa shape index (κ3) is 38.2. The van der Waals surface area contributed by atoms with Crippen LogP contribution in [-0.2, 0) is 42.9 Å². The van der Waals surface area contributed by atoms with Gasteiger partial charge in [0.1, 0.15) is 18.8 Å². The Labute approximate surface area is 431 Å². The molecule has 0 bridgehead atoms. The van der Waals surface area contributed by atoms with E-state index in [2.05, 4.69) is 57.2 Å². The zero-order valence-electron chi connectivity index (χ0n) is 45.2. The number of carboxylic acids is 1. The molecule has 1 fully saturated rings.